The normalized spacial score (nSPS) is 12.2. The van der Waals surface area contributed by atoms with Crippen LogP contribution in [-0.2, 0) is 15.8 Å². The Morgan fingerprint density at radius 2 is 1.71 bits per heavy atom. The van der Waals surface area contributed by atoms with Gasteiger partial charge in [0.2, 0.25) is 11.8 Å². The fraction of sp³-hybridized carbons (Fsp3) is 0.263. The topological polar surface area (TPSA) is 67.4 Å². The van der Waals surface area contributed by atoms with Gasteiger partial charge >= 0.3 is 6.18 Å². The molecule has 0 aromatic heterocycles. The van der Waals surface area contributed by atoms with Crippen LogP contribution < -0.4 is 15.4 Å². The number of nitrogens with one attached hydrogen (secondary N) is 2. The molecule has 2 N–H and O–H groups in total. The Labute approximate surface area is 164 Å². The van der Waals surface area contributed by atoms with Crippen LogP contribution in [-0.4, -0.2) is 29.9 Å². The number of carbonyl (C=O) groups is 2. The molecule has 5 nitrogen and oxygen atoms in total. The molecule has 2 rings (SSSR count). The first-order valence-electron chi connectivity index (χ1n) is 8.23. The molecule has 9 heteroatoms. The summed E-state index contributed by atoms with van der Waals surface area (Å²) in [4.78, 5) is 24.2. The molecule has 150 valence electrons. The zero-order valence-electron chi connectivity index (χ0n) is 15.2. The zero-order chi connectivity index (χ0) is 20.7. The van der Waals surface area contributed by atoms with Gasteiger partial charge in [-0.15, -0.1) is 11.8 Å². The van der Waals surface area contributed by atoms with Crippen LogP contribution in [0.4, 0.5) is 24.5 Å². The number of halogens is 3. The molecule has 0 unspecified atom stereocenters. The Morgan fingerprint density at radius 1 is 1.07 bits per heavy atom. The third-order valence-electron chi connectivity index (χ3n) is 3.70. The summed E-state index contributed by atoms with van der Waals surface area (Å²) in [5, 5.41) is 4.23. The highest BCUT2D eigenvalue weighted by molar-refractivity contribution is 8.01. The number of hydrogen-bond donors (Lipinski definition) is 2. The lowest BCUT2D eigenvalue weighted by Crippen LogP contribution is -2.26. The highest BCUT2D eigenvalue weighted by Crippen LogP contribution is 2.34. The van der Waals surface area contributed by atoms with E-state index in [-0.39, 0.29) is 17.3 Å². The van der Waals surface area contributed by atoms with Crippen LogP contribution in [0.1, 0.15) is 12.5 Å². The highest BCUT2D eigenvalue weighted by atomic mass is 32.2. The summed E-state index contributed by atoms with van der Waals surface area (Å²) in [5.74, 6) is -0.317. The minimum Gasteiger partial charge on any atom is -0.497 e. The number of methoxy groups -OCH3 is 1. The minimum absolute atomic E-state index is 0.0263. The largest absolute Gasteiger partial charge is 0.497 e. The number of ether oxygens (including phenoxy) is 1. The molecule has 0 bridgehead atoms. The van der Waals surface area contributed by atoms with Gasteiger partial charge in [-0.3, -0.25) is 9.59 Å². The van der Waals surface area contributed by atoms with Gasteiger partial charge in [0.25, 0.3) is 0 Å². The van der Waals surface area contributed by atoms with Crippen molar-refractivity contribution in [2.24, 2.45) is 0 Å². The summed E-state index contributed by atoms with van der Waals surface area (Å²) in [6.45, 7) is 1.52. The number of amides is 2. The predicted octanol–water partition coefficient (Wildman–Crippen LogP) is 4.41. The first-order valence-corrected chi connectivity index (χ1v) is 9.28. The maximum absolute atomic E-state index is 13.0. The molecule has 0 aliphatic rings. The van der Waals surface area contributed by atoms with Gasteiger partial charge in [0.05, 0.1) is 29.4 Å². The third kappa shape index (κ3) is 6.19. The molecule has 2 aromatic rings. The van der Waals surface area contributed by atoms with Crippen molar-refractivity contribution in [3.63, 3.8) is 0 Å². The van der Waals surface area contributed by atoms with Crippen molar-refractivity contribution in [1.82, 2.24) is 0 Å². The van der Waals surface area contributed by atoms with E-state index in [2.05, 4.69) is 10.6 Å². The first kappa shape index (κ1) is 21.6. The van der Waals surface area contributed by atoms with E-state index in [1.165, 1.54) is 32.2 Å². The second kappa shape index (κ2) is 9.50. The molecule has 0 saturated carbocycles. The zero-order valence-corrected chi connectivity index (χ0v) is 16.0. The summed E-state index contributed by atoms with van der Waals surface area (Å²) in [5.41, 5.74) is -0.657. The molecular weight excluding hydrogens is 393 g/mol. The fourth-order valence-electron chi connectivity index (χ4n) is 2.22. The molecule has 0 aliphatic heterocycles. The van der Waals surface area contributed by atoms with Crippen LogP contribution in [0.25, 0.3) is 0 Å². The van der Waals surface area contributed by atoms with Gasteiger partial charge in [-0.2, -0.15) is 13.2 Å². The van der Waals surface area contributed by atoms with Crippen molar-refractivity contribution in [3.8, 4) is 5.75 Å². The molecule has 1 atom stereocenters. The standard InChI is InChI=1S/C19H19F3N2O3S/c1-12(18(26)24-16-6-4-3-5-15(16)19(20,21)22)28-11-17(25)23-13-7-9-14(27-2)10-8-13/h3-10,12H,11H2,1-2H3,(H,23,25)(H,24,26)/t12-/m0/s1. The molecule has 0 fully saturated rings. The summed E-state index contributed by atoms with van der Waals surface area (Å²) in [6.07, 6.45) is -4.57. The fourth-order valence-corrected chi connectivity index (χ4v) is 2.91. The van der Waals surface area contributed by atoms with Crippen LogP contribution >= 0.6 is 11.8 Å². The van der Waals surface area contributed by atoms with E-state index in [4.69, 9.17) is 4.74 Å². The maximum atomic E-state index is 13.0. The van der Waals surface area contributed by atoms with Gasteiger partial charge in [0.1, 0.15) is 5.75 Å². The van der Waals surface area contributed by atoms with Crippen molar-refractivity contribution in [2.45, 2.75) is 18.3 Å². The molecule has 28 heavy (non-hydrogen) atoms. The van der Waals surface area contributed by atoms with Crippen LogP contribution in [0, 0.1) is 0 Å². The van der Waals surface area contributed by atoms with Gasteiger partial charge in [0.15, 0.2) is 0 Å². The second-order valence-electron chi connectivity index (χ2n) is 5.76. The first-order chi connectivity index (χ1) is 13.2. The lowest BCUT2D eigenvalue weighted by atomic mass is 10.1. The lowest BCUT2D eigenvalue weighted by molar-refractivity contribution is -0.137. The minimum atomic E-state index is -4.57. The third-order valence-corrected chi connectivity index (χ3v) is 4.84. The Morgan fingerprint density at radius 3 is 2.32 bits per heavy atom. The summed E-state index contributed by atoms with van der Waals surface area (Å²) in [7, 11) is 1.53. The Balaban J connectivity index is 1.88. The molecule has 0 heterocycles. The molecule has 0 aliphatic carbocycles. The van der Waals surface area contributed by atoms with Crippen molar-refractivity contribution in [2.75, 3.05) is 23.5 Å². The molecule has 0 spiro atoms. The van der Waals surface area contributed by atoms with E-state index in [1.807, 2.05) is 0 Å². The quantitative estimate of drug-likeness (QED) is 0.707. The Kier molecular flexibility index (Phi) is 7.33. The summed E-state index contributed by atoms with van der Waals surface area (Å²) >= 11 is 1.02. The molecule has 2 aromatic carbocycles. The van der Waals surface area contributed by atoms with Crippen molar-refractivity contribution in [1.29, 1.82) is 0 Å². The SMILES string of the molecule is COc1ccc(NC(=O)CS[C@@H](C)C(=O)Nc2ccccc2C(F)(F)F)cc1. The van der Waals surface area contributed by atoms with Gasteiger partial charge < -0.3 is 15.4 Å². The summed E-state index contributed by atoms with van der Waals surface area (Å²) in [6, 6.07) is 11.5. The lowest BCUT2D eigenvalue weighted by Gasteiger charge is -2.16. The van der Waals surface area contributed by atoms with Crippen molar-refractivity contribution < 1.29 is 27.5 Å². The molecule has 0 radical (unpaired) electrons. The number of rotatable bonds is 7. The van der Waals surface area contributed by atoms with E-state index in [9.17, 15) is 22.8 Å². The van der Waals surface area contributed by atoms with Crippen molar-refractivity contribution >= 4 is 35.0 Å². The van der Waals surface area contributed by atoms with Gasteiger partial charge in [0, 0.05) is 5.69 Å². The smallest absolute Gasteiger partial charge is 0.418 e. The van der Waals surface area contributed by atoms with Crippen LogP contribution in [0.3, 0.4) is 0 Å². The Bertz CT molecular complexity index is 826. The van der Waals surface area contributed by atoms with Crippen molar-refractivity contribution in [3.05, 3.63) is 54.1 Å². The summed E-state index contributed by atoms with van der Waals surface area (Å²) < 4.78 is 44.0. The average molecular weight is 412 g/mol. The molecule has 2 amide bonds. The van der Waals surface area contributed by atoms with Gasteiger partial charge in [-0.1, -0.05) is 12.1 Å². The average Bonchev–Trinajstić information content (AvgIpc) is 2.66. The van der Waals surface area contributed by atoms with E-state index in [0.29, 0.717) is 11.4 Å². The predicted molar refractivity (Wildman–Crippen MR) is 104 cm³/mol. The maximum Gasteiger partial charge on any atom is 0.418 e. The van der Waals surface area contributed by atoms with Crippen LogP contribution in [0.2, 0.25) is 0 Å². The number of benzene rings is 2. The van der Waals surface area contributed by atoms with E-state index < -0.39 is 22.9 Å². The van der Waals surface area contributed by atoms with E-state index >= 15 is 0 Å². The number of alkyl halides is 3. The molecule has 0 saturated heterocycles. The van der Waals surface area contributed by atoms with E-state index in [1.54, 1.807) is 24.3 Å². The van der Waals surface area contributed by atoms with E-state index in [0.717, 1.165) is 17.8 Å². The second-order valence-corrected chi connectivity index (χ2v) is 7.09. The Hall–Kier alpha value is -2.68. The van der Waals surface area contributed by atoms with Crippen LogP contribution in [0.15, 0.2) is 48.5 Å². The number of carbonyl (C=O) groups excluding carboxylic acids is 2. The van der Waals surface area contributed by atoms with Gasteiger partial charge in [-0.25, -0.2) is 0 Å². The molecular formula is C19H19F3N2O3S. The number of para-hydroxylation sites is 1. The monoisotopic (exact) mass is 412 g/mol. The van der Waals surface area contributed by atoms with Crippen LogP contribution in [0.5, 0.6) is 5.75 Å². The number of thioether (sulfide) groups is 1. The van der Waals surface area contributed by atoms with Gasteiger partial charge in [-0.05, 0) is 43.3 Å². The highest BCUT2D eigenvalue weighted by Gasteiger charge is 2.33. The number of anilines is 2. The number of hydrogen-bond acceptors (Lipinski definition) is 4.